The lowest BCUT2D eigenvalue weighted by Gasteiger charge is -2.16. The molecule has 64 valence electrons. The number of terminal acetylenes is 1. The molecular formula is C10H19N. The fraction of sp³-hybridized carbons (Fsp3) is 0.800. The third-order valence-electron chi connectivity index (χ3n) is 1.61. The molecule has 11 heavy (non-hydrogen) atoms. The van der Waals surface area contributed by atoms with Crippen LogP contribution in [0.25, 0.3) is 0 Å². The van der Waals surface area contributed by atoms with Crippen LogP contribution in [-0.2, 0) is 0 Å². The van der Waals surface area contributed by atoms with Crippen molar-refractivity contribution in [1.82, 2.24) is 5.32 Å². The van der Waals surface area contributed by atoms with Gasteiger partial charge in [0.15, 0.2) is 0 Å². The van der Waals surface area contributed by atoms with Gasteiger partial charge >= 0.3 is 0 Å². The topological polar surface area (TPSA) is 12.0 Å². The zero-order chi connectivity index (χ0) is 8.69. The summed E-state index contributed by atoms with van der Waals surface area (Å²) in [4.78, 5) is 0. The van der Waals surface area contributed by atoms with E-state index in [0.29, 0.717) is 6.04 Å². The van der Waals surface area contributed by atoms with Crippen LogP contribution in [0.5, 0.6) is 0 Å². The molecule has 0 rings (SSSR count). The van der Waals surface area contributed by atoms with Crippen LogP contribution in [0.2, 0.25) is 0 Å². The Bertz CT molecular complexity index is 121. The molecule has 0 fully saturated rings. The Hall–Kier alpha value is -0.480. The maximum Gasteiger partial charge on any atom is 0.0240 e. The number of rotatable bonds is 5. The van der Waals surface area contributed by atoms with Crippen molar-refractivity contribution >= 4 is 0 Å². The molecule has 0 aliphatic heterocycles. The van der Waals surface area contributed by atoms with E-state index in [4.69, 9.17) is 6.42 Å². The summed E-state index contributed by atoms with van der Waals surface area (Å²) >= 11 is 0. The van der Waals surface area contributed by atoms with Gasteiger partial charge < -0.3 is 5.32 Å². The van der Waals surface area contributed by atoms with Gasteiger partial charge in [-0.1, -0.05) is 20.8 Å². The Labute approximate surface area is 70.6 Å². The molecule has 0 spiro atoms. The molecular weight excluding hydrogens is 134 g/mol. The maximum atomic E-state index is 5.25. The van der Waals surface area contributed by atoms with Crippen molar-refractivity contribution in [2.24, 2.45) is 5.92 Å². The van der Waals surface area contributed by atoms with Gasteiger partial charge in [-0.25, -0.2) is 0 Å². The van der Waals surface area contributed by atoms with Crippen LogP contribution in [-0.4, -0.2) is 12.6 Å². The monoisotopic (exact) mass is 153 g/mol. The van der Waals surface area contributed by atoms with Crippen LogP contribution in [0.4, 0.5) is 0 Å². The minimum atomic E-state index is 0.519. The van der Waals surface area contributed by atoms with Gasteiger partial charge in [-0.15, -0.1) is 12.3 Å². The highest BCUT2D eigenvalue weighted by molar-refractivity contribution is 4.89. The van der Waals surface area contributed by atoms with Crippen LogP contribution in [0.1, 0.15) is 33.6 Å². The van der Waals surface area contributed by atoms with Crippen LogP contribution < -0.4 is 5.32 Å². The normalized spacial score (nSPS) is 13.0. The Morgan fingerprint density at radius 2 is 2.09 bits per heavy atom. The molecule has 1 nitrogen and oxygen atoms in total. The minimum Gasteiger partial charge on any atom is -0.313 e. The average molecular weight is 153 g/mol. The molecule has 1 N–H and O–H groups in total. The smallest absolute Gasteiger partial charge is 0.0240 e. The van der Waals surface area contributed by atoms with Crippen LogP contribution in [0.15, 0.2) is 0 Å². The van der Waals surface area contributed by atoms with E-state index in [2.05, 4.69) is 32.0 Å². The van der Waals surface area contributed by atoms with E-state index in [9.17, 15) is 0 Å². The fourth-order valence-corrected chi connectivity index (χ4v) is 1.24. The van der Waals surface area contributed by atoms with E-state index >= 15 is 0 Å². The lowest BCUT2D eigenvalue weighted by Crippen LogP contribution is -2.29. The van der Waals surface area contributed by atoms with Crippen molar-refractivity contribution in [3.8, 4) is 12.3 Å². The Balaban J connectivity index is 3.61. The number of nitrogens with one attached hydrogen (secondary N) is 1. The minimum absolute atomic E-state index is 0.519. The van der Waals surface area contributed by atoms with Crippen LogP contribution in [0, 0.1) is 18.3 Å². The summed E-state index contributed by atoms with van der Waals surface area (Å²) in [7, 11) is 0. The number of hydrogen-bond donors (Lipinski definition) is 1. The molecule has 0 saturated carbocycles. The van der Waals surface area contributed by atoms with Gasteiger partial charge in [0.2, 0.25) is 0 Å². The molecule has 1 heteroatoms. The first-order chi connectivity index (χ1) is 5.20. The molecule has 0 radical (unpaired) electrons. The van der Waals surface area contributed by atoms with Crippen molar-refractivity contribution in [3.05, 3.63) is 0 Å². The Kier molecular flexibility index (Phi) is 5.97. The second-order valence-electron chi connectivity index (χ2n) is 3.29. The summed E-state index contributed by atoms with van der Waals surface area (Å²) in [5.74, 6) is 3.42. The van der Waals surface area contributed by atoms with Gasteiger partial charge in [0.05, 0.1) is 0 Å². The fourth-order valence-electron chi connectivity index (χ4n) is 1.24. The van der Waals surface area contributed by atoms with Gasteiger partial charge in [-0.2, -0.15) is 0 Å². The molecule has 0 aromatic rings. The number of hydrogen-bond acceptors (Lipinski definition) is 1. The summed E-state index contributed by atoms with van der Waals surface area (Å²) in [5, 5.41) is 3.37. The lowest BCUT2D eigenvalue weighted by atomic mass is 10.0. The zero-order valence-corrected chi connectivity index (χ0v) is 7.85. The molecule has 0 aromatic heterocycles. The zero-order valence-electron chi connectivity index (χ0n) is 7.85. The predicted octanol–water partition coefficient (Wildman–Crippen LogP) is 2.03. The van der Waals surface area contributed by atoms with Crippen molar-refractivity contribution in [2.45, 2.75) is 39.7 Å². The first-order valence-electron chi connectivity index (χ1n) is 4.37. The summed E-state index contributed by atoms with van der Waals surface area (Å²) in [6.45, 7) is 7.57. The highest BCUT2D eigenvalue weighted by atomic mass is 14.9. The van der Waals surface area contributed by atoms with Gasteiger partial charge in [-0.05, 0) is 18.9 Å². The summed E-state index contributed by atoms with van der Waals surface area (Å²) < 4.78 is 0. The van der Waals surface area contributed by atoms with Crippen LogP contribution >= 0.6 is 0 Å². The van der Waals surface area contributed by atoms with Crippen molar-refractivity contribution < 1.29 is 0 Å². The standard InChI is InChI=1S/C10H19N/c1-5-7-10(11-6-2)8-9(3)4/h1,9-11H,6-8H2,2-4H3. The van der Waals surface area contributed by atoms with Crippen molar-refractivity contribution in [2.75, 3.05) is 6.54 Å². The predicted molar refractivity (Wildman–Crippen MR) is 50.4 cm³/mol. The molecule has 0 saturated heterocycles. The molecule has 0 aliphatic rings. The first kappa shape index (κ1) is 10.5. The van der Waals surface area contributed by atoms with E-state index < -0.39 is 0 Å². The first-order valence-corrected chi connectivity index (χ1v) is 4.37. The maximum absolute atomic E-state index is 5.25. The Morgan fingerprint density at radius 3 is 2.45 bits per heavy atom. The largest absolute Gasteiger partial charge is 0.313 e. The highest BCUT2D eigenvalue weighted by Gasteiger charge is 2.06. The SMILES string of the molecule is C#CCC(CC(C)C)NCC. The summed E-state index contributed by atoms with van der Waals surface area (Å²) in [6.07, 6.45) is 7.28. The molecule has 0 heterocycles. The summed E-state index contributed by atoms with van der Waals surface area (Å²) in [6, 6.07) is 0.519. The van der Waals surface area contributed by atoms with E-state index in [0.717, 1.165) is 18.9 Å². The van der Waals surface area contributed by atoms with Gasteiger partial charge in [0, 0.05) is 12.5 Å². The van der Waals surface area contributed by atoms with E-state index in [-0.39, 0.29) is 0 Å². The molecule has 1 unspecified atom stereocenters. The van der Waals surface area contributed by atoms with E-state index in [1.165, 1.54) is 6.42 Å². The van der Waals surface area contributed by atoms with Crippen molar-refractivity contribution in [3.63, 3.8) is 0 Å². The molecule has 1 atom stereocenters. The lowest BCUT2D eigenvalue weighted by molar-refractivity contribution is 0.432. The summed E-state index contributed by atoms with van der Waals surface area (Å²) in [5.41, 5.74) is 0. The second kappa shape index (κ2) is 6.24. The highest BCUT2D eigenvalue weighted by Crippen LogP contribution is 2.06. The second-order valence-corrected chi connectivity index (χ2v) is 3.29. The van der Waals surface area contributed by atoms with Crippen LogP contribution in [0.3, 0.4) is 0 Å². The molecule has 0 amide bonds. The van der Waals surface area contributed by atoms with E-state index in [1.807, 2.05) is 0 Å². The van der Waals surface area contributed by atoms with Gasteiger partial charge in [-0.3, -0.25) is 0 Å². The average Bonchev–Trinajstić information content (AvgIpc) is 1.87. The Morgan fingerprint density at radius 1 is 1.45 bits per heavy atom. The molecule has 0 aliphatic carbocycles. The third-order valence-corrected chi connectivity index (χ3v) is 1.61. The van der Waals surface area contributed by atoms with Crippen molar-refractivity contribution in [1.29, 1.82) is 0 Å². The van der Waals surface area contributed by atoms with E-state index in [1.54, 1.807) is 0 Å². The molecule has 0 aromatic carbocycles. The quantitative estimate of drug-likeness (QED) is 0.596. The van der Waals surface area contributed by atoms with Gasteiger partial charge in [0.1, 0.15) is 0 Å². The van der Waals surface area contributed by atoms with Gasteiger partial charge in [0.25, 0.3) is 0 Å². The molecule has 0 bridgehead atoms. The third kappa shape index (κ3) is 5.94.